The fraction of sp³-hybridized carbons (Fsp3) is 0.429. The number of nitrogens with one attached hydrogen (secondary N) is 1. The molecule has 1 aromatic rings. The van der Waals surface area contributed by atoms with E-state index in [0.717, 1.165) is 37.1 Å². The maximum atomic E-state index is 12.6. The SMILES string of the molecule is O=S(=O)(c1ccc(C(F)(F)F)cc1)C1NC=CC1C1CC1. The zero-order valence-corrected chi connectivity index (χ0v) is 11.8. The van der Waals surface area contributed by atoms with Crippen LogP contribution in [-0.4, -0.2) is 13.8 Å². The van der Waals surface area contributed by atoms with Crippen molar-refractivity contribution in [2.45, 2.75) is 29.3 Å². The smallest absolute Gasteiger partial charge is 0.375 e. The molecule has 21 heavy (non-hydrogen) atoms. The lowest BCUT2D eigenvalue weighted by Gasteiger charge is -2.20. The van der Waals surface area contributed by atoms with Gasteiger partial charge < -0.3 is 5.32 Å². The van der Waals surface area contributed by atoms with Gasteiger partial charge in [0.1, 0.15) is 5.37 Å². The Labute approximate surface area is 120 Å². The Balaban J connectivity index is 1.88. The molecule has 1 heterocycles. The van der Waals surface area contributed by atoms with E-state index >= 15 is 0 Å². The van der Waals surface area contributed by atoms with Crippen molar-refractivity contribution in [3.05, 3.63) is 42.1 Å². The molecular formula is C14H14F3NO2S. The van der Waals surface area contributed by atoms with Crippen LogP contribution in [0.2, 0.25) is 0 Å². The van der Waals surface area contributed by atoms with E-state index in [1.807, 2.05) is 6.08 Å². The highest BCUT2D eigenvalue weighted by Gasteiger charge is 2.43. The highest BCUT2D eigenvalue weighted by atomic mass is 32.2. The molecule has 2 aliphatic rings. The number of hydrogen-bond donors (Lipinski definition) is 1. The summed E-state index contributed by atoms with van der Waals surface area (Å²) in [6, 6.07) is 3.67. The van der Waals surface area contributed by atoms with Crippen molar-refractivity contribution in [3.8, 4) is 0 Å². The quantitative estimate of drug-likeness (QED) is 0.932. The van der Waals surface area contributed by atoms with Crippen LogP contribution in [0.25, 0.3) is 0 Å². The summed E-state index contributed by atoms with van der Waals surface area (Å²) in [6.45, 7) is 0. The number of halogens is 3. The zero-order valence-electron chi connectivity index (χ0n) is 11.0. The Morgan fingerprint density at radius 3 is 2.24 bits per heavy atom. The standard InChI is InChI=1S/C14H14F3NO2S/c15-14(16,17)10-3-5-11(6-4-10)21(19,20)13-12(7-8-18-13)9-1-2-9/h3-9,12-13,18H,1-2H2. The molecule has 0 radical (unpaired) electrons. The third-order valence-corrected chi connectivity index (χ3v) is 5.99. The fourth-order valence-corrected chi connectivity index (χ4v) is 4.43. The first-order valence-corrected chi connectivity index (χ1v) is 8.18. The minimum absolute atomic E-state index is 0.0812. The summed E-state index contributed by atoms with van der Waals surface area (Å²) in [5.74, 6) is 0.253. The maximum absolute atomic E-state index is 12.6. The van der Waals surface area contributed by atoms with Gasteiger partial charge in [0.15, 0.2) is 9.84 Å². The number of benzene rings is 1. The van der Waals surface area contributed by atoms with Crippen molar-refractivity contribution in [2.24, 2.45) is 11.8 Å². The van der Waals surface area contributed by atoms with Crippen molar-refractivity contribution in [3.63, 3.8) is 0 Å². The van der Waals surface area contributed by atoms with Gasteiger partial charge in [0.2, 0.25) is 0 Å². The van der Waals surface area contributed by atoms with Crippen molar-refractivity contribution >= 4 is 9.84 Å². The monoisotopic (exact) mass is 317 g/mol. The Morgan fingerprint density at radius 1 is 1.10 bits per heavy atom. The van der Waals surface area contributed by atoms with Crippen LogP contribution >= 0.6 is 0 Å². The fourth-order valence-electron chi connectivity index (χ4n) is 2.64. The largest absolute Gasteiger partial charge is 0.416 e. The van der Waals surface area contributed by atoms with Crippen LogP contribution in [0.5, 0.6) is 0 Å². The molecule has 3 rings (SSSR count). The molecule has 0 amide bonds. The normalized spacial score (nSPS) is 25.9. The number of sulfone groups is 1. The molecule has 0 spiro atoms. The van der Waals surface area contributed by atoms with E-state index in [-0.39, 0.29) is 10.8 Å². The lowest BCUT2D eigenvalue weighted by molar-refractivity contribution is -0.137. The van der Waals surface area contributed by atoms with E-state index in [0.29, 0.717) is 5.92 Å². The summed E-state index contributed by atoms with van der Waals surface area (Å²) in [4.78, 5) is -0.0812. The van der Waals surface area contributed by atoms with Crippen LogP contribution in [0.1, 0.15) is 18.4 Å². The van der Waals surface area contributed by atoms with Gasteiger partial charge in [-0.15, -0.1) is 0 Å². The van der Waals surface area contributed by atoms with E-state index in [2.05, 4.69) is 5.32 Å². The summed E-state index contributed by atoms with van der Waals surface area (Å²) in [7, 11) is -3.70. The average molecular weight is 317 g/mol. The van der Waals surface area contributed by atoms with Crippen LogP contribution in [0.15, 0.2) is 41.4 Å². The predicted molar refractivity (Wildman–Crippen MR) is 70.9 cm³/mol. The Bertz CT molecular complexity index is 660. The molecule has 1 aliphatic carbocycles. The maximum Gasteiger partial charge on any atom is 0.416 e. The number of alkyl halides is 3. The van der Waals surface area contributed by atoms with Crippen molar-refractivity contribution in [1.29, 1.82) is 0 Å². The van der Waals surface area contributed by atoms with Gasteiger partial charge in [-0.05, 0) is 49.2 Å². The second-order valence-electron chi connectivity index (χ2n) is 5.43. The summed E-state index contributed by atoms with van der Waals surface area (Å²) >= 11 is 0. The first-order valence-electron chi connectivity index (χ1n) is 6.64. The third kappa shape index (κ3) is 2.66. The molecule has 1 saturated carbocycles. The van der Waals surface area contributed by atoms with Crippen molar-refractivity contribution < 1.29 is 21.6 Å². The highest BCUT2D eigenvalue weighted by molar-refractivity contribution is 7.92. The van der Waals surface area contributed by atoms with Crippen LogP contribution in [0.3, 0.4) is 0 Å². The van der Waals surface area contributed by atoms with Gasteiger partial charge in [0.05, 0.1) is 10.5 Å². The van der Waals surface area contributed by atoms with Gasteiger partial charge in [-0.2, -0.15) is 13.2 Å². The molecule has 0 bridgehead atoms. The number of rotatable bonds is 3. The summed E-state index contributed by atoms with van der Waals surface area (Å²) in [6.07, 6.45) is 0.983. The number of hydrogen-bond acceptors (Lipinski definition) is 3. The van der Waals surface area contributed by atoms with E-state index in [1.165, 1.54) is 0 Å². The first-order chi connectivity index (χ1) is 9.80. The second-order valence-corrected chi connectivity index (χ2v) is 7.50. The van der Waals surface area contributed by atoms with Crippen molar-refractivity contribution in [2.75, 3.05) is 0 Å². The molecule has 0 saturated heterocycles. The van der Waals surface area contributed by atoms with E-state index in [1.54, 1.807) is 6.20 Å². The molecule has 3 nitrogen and oxygen atoms in total. The van der Waals surface area contributed by atoms with Crippen LogP contribution < -0.4 is 5.32 Å². The second kappa shape index (κ2) is 4.76. The van der Waals surface area contributed by atoms with Crippen LogP contribution in [-0.2, 0) is 16.0 Å². The molecule has 1 fully saturated rings. The van der Waals surface area contributed by atoms with Gasteiger partial charge in [-0.3, -0.25) is 0 Å². The summed E-state index contributed by atoms with van der Waals surface area (Å²) in [5.41, 5.74) is -0.849. The van der Waals surface area contributed by atoms with E-state index in [4.69, 9.17) is 0 Å². The lowest BCUT2D eigenvalue weighted by Crippen LogP contribution is -2.36. The Hall–Kier alpha value is -1.50. The lowest BCUT2D eigenvalue weighted by atomic mass is 10.1. The third-order valence-electron chi connectivity index (χ3n) is 3.94. The van der Waals surface area contributed by atoms with E-state index in [9.17, 15) is 21.6 Å². The van der Waals surface area contributed by atoms with E-state index < -0.39 is 27.0 Å². The molecule has 7 heteroatoms. The molecule has 2 atom stereocenters. The molecule has 114 valence electrons. The zero-order chi connectivity index (χ0) is 15.3. The molecule has 0 aromatic heterocycles. The molecular weight excluding hydrogens is 303 g/mol. The molecule has 1 aromatic carbocycles. The summed E-state index contributed by atoms with van der Waals surface area (Å²) in [5, 5.41) is 2.04. The minimum Gasteiger partial charge on any atom is -0.375 e. The molecule has 1 N–H and O–H groups in total. The van der Waals surface area contributed by atoms with Crippen molar-refractivity contribution in [1.82, 2.24) is 5.32 Å². The molecule has 2 unspecified atom stereocenters. The van der Waals surface area contributed by atoms with Gasteiger partial charge in [-0.25, -0.2) is 8.42 Å². The Morgan fingerprint density at radius 2 is 1.71 bits per heavy atom. The van der Waals surface area contributed by atoms with Crippen LogP contribution in [0, 0.1) is 11.8 Å². The van der Waals surface area contributed by atoms with Gasteiger partial charge in [0, 0.05) is 5.92 Å². The van der Waals surface area contributed by atoms with Crippen LogP contribution in [0.4, 0.5) is 13.2 Å². The highest BCUT2D eigenvalue weighted by Crippen LogP contribution is 2.43. The molecule has 1 aliphatic heterocycles. The topological polar surface area (TPSA) is 46.2 Å². The van der Waals surface area contributed by atoms with Gasteiger partial charge in [-0.1, -0.05) is 6.08 Å². The first kappa shape index (κ1) is 14.4. The minimum atomic E-state index is -4.47. The predicted octanol–water partition coefficient (Wildman–Crippen LogP) is 2.95. The van der Waals surface area contributed by atoms with Gasteiger partial charge in [0.25, 0.3) is 0 Å². The Kier molecular flexibility index (Phi) is 3.27. The summed E-state index contributed by atoms with van der Waals surface area (Å²) < 4.78 is 62.7. The average Bonchev–Trinajstić information content (AvgIpc) is 3.14. The van der Waals surface area contributed by atoms with Gasteiger partial charge >= 0.3 is 6.18 Å².